The van der Waals surface area contributed by atoms with Crippen molar-refractivity contribution < 1.29 is 14.6 Å². The minimum atomic E-state index is -0.381. The number of ether oxygens (including phenoxy) is 1. The molecule has 3 nitrogen and oxygen atoms in total. The van der Waals surface area contributed by atoms with Crippen molar-refractivity contribution in [3.05, 3.63) is 23.3 Å². The second-order valence-electron chi connectivity index (χ2n) is 3.00. The Balaban J connectivity index is 3.12. The van der Waals surface area contributed by atoms with Crippen molar-refractivity contribution in [1.29, 1.82) is 0 Å². The third-order valence-corrected chi connectivity index (χ3v) is 1.73. The first-order valence-electron chi connectivity index (χ1n) is 3.99. The molecule has 0 heterocycles. The topological polar surface area (TPSA) is 46.5 Å². The van der Waals surface area contributed by atoms with Gasteiger partial charge in [0.2, 0.25) is 0 Å². The van der Waals surface area contributed by atoms with E-state index >= 15 is 0 Å². The first-order valence-corrected chi connectivity index (χ1v) is 3.99. The average Bonchev–Trinajstić information content (AvgIpc) is 1.98. The zero-order valence-electron chi connectivity index (χ0n) is 7.92. The van der Waals surface area contributed by atoms with Crippen LogP contribution in [0.2, 0.25) is 0 Å². The Kier molecular flexibility index (Phi) is 2.56. The molecule has 3 heteroatoms. The van der Waals surface area contributed by atoms with Crippen molar-refractivity contribution in [3.8, 4) is 11.5 Å². The summed E-state index contributed by atoms with van der Waals surface area (Å²) in [4.78, 5) is 10.7. The number of hydrogen-bond donors (Lipinski definition) is 1. The maximum Gasteiger partial charge on any atom is 0.308 e. The largest absolute Gasteiger partial charge is 0.508 e. The fraction of sp³-hybridized carbons (Fsp3) is 0.300. The van der Waals surface area contributed by atoms with Crippen molar-refractivity contribution in [1.82, 2.24) is 0 Å². The van der Waals surface area contributed by atoms with Gasteiger partial charge in [0.05, 0.1) is 0 Å². The van der Waals surface area contributed by atoms with E-state index < -0.39 is 0 Å². The number of hydrogen-bond acceptors (Lipinski definition) is 3. The molecule has 0 aliphatic heterocycles. The van der Waals surface area contributed by atoms with Crippen LogP contribution in [-0.2, 0) is 4.79 Å². The molecule has 0 atom stereocenters. The SMILES string of the molecule is CC(=O)Oc1cc(C)cc(O)c1C. The normalized spacial score (nSPS) is 9.77. The molecule has 0 fully saturated rings. The van der Waals surface area contributed by atoms with Gasteiger partial charge in [-0.1, -0.05) is 0 Å². The molecule has 0 radical (unpaired) electrons. The number of aromatic hydroxyl groups is 1. The fourth-order valence-electron chi connectivity index (χ4n) is 1.07. The second kappa shape index (κ2) is 3.47. The van der Waals surface area contributed by atoms with E-state index in [4.69, 9.17) is 4.74 Å². The summed E-state index contributed by atoms with van der Waals surface area (Å²) < 4.78 is 4.91. The Labute approximate surface area is 77.0 Å². The maximum atomic E-state index is 10.7. The van der Waals surface area contributed by atoms with Crippen LogP contribution in [0.25, 0.3) is 0 Å². The van der Waals surface area contributed by atoms with E-state index in [2.05, 4.69) is 0 Å². The number of phenols is 1. The van der Waals surface area contributed by atoms with Gasteiger partial charge in [-0.05, 0) is 31.5 Å². The van der Waals surface area contributed by atoms with E-state index in [9.17, 15) is 9.90 Å². The molecule has 1 N–H and O–H groups in total. The first-order chi connectivity index (χ1) is 6.00. The molecule has 0 bridgehead atoms. The van der Waals surface area contributed by atoms with E-state index in [0.717, 1.165) is 5.56 Å². The molecule has 0 aliphatic carbocycles. The van der Waals surface area contributed by atoms with Crippen LogP contribution in [0.3, 0.4) is 0 Å². The number of rotatable bonds is 1. The summed E-state index contributed by atoms with van der Waals surface area (Å²) in [5.41, 5.74) is 1.44. The van der Waals surface area contributed by atoms with Gasteiger partial charge in [-0.25, -0.2) is 0 Å². The lowest BCUT2D eigenvalue weighted by molar-refractivity contribution is -0.131. The highest BCUT2D eigenvalue weighted by molar-refractivity contribution is 5.70. The van der Waals surface area contributed by atoms with Crippen LogP contribution in [-0.4, -0.2) is 11.1 Å². The molecule has 0 amide bonds. The van der Waals surface area contributed by atoms with Crippen LogP contribution in [0.4, 0.5) is 0 Å². The fourth-order valence-corrected chi connectivity index (χ4v) is 1.07. The summed E-state index contributed by atoms with van der Waals surface area (Å²) in [6.07, 6.45) is 0. The molecule has 1 aromatic carbocycles. The van der Waals surface area contributed by atoms with E-state index in [0.29, 0.717) is 11.3 Å². The lowest BCUT2D eigenvalue weighted by Gasteiger charge is -2.07. The highest BCUT2D eigenvalue weighted by Gasteiger charge is 2.07. The number of aryl methyl sites for hydroxylation is 1. The zero-order valence-corrected chi connectivity index (χ0v) is 7.92. The first kappa shape index (κ1) is 9.58. The van der Waals surface area contributed by atoms with E-state index in [1.54, 1.807) is 19.1 Å². The monoisotopic (exact) mass is 180 g/mol. The number of carbonyl (C=O) groups excluding carboxylic acids is 1. The average molecular weight is 180 g/mol. The lowest BCUT2D eigenvalue weighted by Crippen LogP contribution is -2.03. The molecule has 0 spiro atoms. The van der Waals surface area contributed by atoms with Crippen molar-refractivity contribution in [2.45, 2.75) is 20.8 Å². The van der Waals surface area contributed by atoms with Gasteiger partial charge in [0.15, 0.2) is 0 Å². The third-order valence-electron chi connectivity index (χ3n) is 1.73. The van der Waals surface area contributed by atoms with Crippen molar-refractivity contribution in [2.24, 2.45) is 0 Å². The van der Waals surface area contributed by atoms with Crippen molar-refractivity contribution in [2.75, 3.05) is 0 Å². The third kappa shape index (κ3) is 2.21. The predicted octanol–water partition coefficient (Wildman–Crippen LogP) is 1.93. The smallest absolute Gasteiger partial charge is 0.308 e. The quantitative estimate of drug-likeness (QED) is 0.530. The van der Waals surface area contributed by atoms with Crippen LogP contribution in [0.1, 0.15) is 18.1 Å². The Hall–Kier alpha value is -1.51. The van der Waals surface area contributed by atoms with Crippen LogP contribution < -0.4 is 4.74 Å². The summed E-state index contributed by atoms with van der Waals surface area (Å²) in [6, 6.07) is 3.35. The molecule has 0 saturated heterocycles. The van der Waals surface area contributed by atoms with E-state index in [-0.39, 0.29) is 11.7 Å². The highest BCUT2D eigenvalue weighted by atomic mass is 16.5. The van der Waals surface area contributed by atoms with Crippen molar-refractivity contribution >= 4 is 5.97 Å². The summed E-state index contributed by atoms with van der Waals surface area (Å²) in [5.74, 6) is 0.189. The van der Waals surface area contributed by atoms with Gasteiger partial charge < -0.3 is 9.84 Å². The Morgan fingerprint density at radius 1 is 1.38 bits per heavy atom. The molecule has 1 rings (SSSR count). The number of phenolic OH excluding ortho intramolecular Hbond substituents is 1. The Morgan fingerprint density at radius 3 is 2.54 bits per heavy atom. The van der Waals surface area contributed by atoms with Gasteiger partial charge in [-0.15, -0.1) is 0 Å². The summed E-state index contributed by atoms with van der Waals surface area (Å²) in [7, 11) is 0. The van der Waals surface area contributed by atoms with Gasteiger partial charge in [-0.3, -0.25) is 4.79 Å². The summed E-state index contributed by atoms with van der Waals surface area (Å²) in [6.45, 7) is 4.86. The highest BCUT2D eigenvalue weighted by Crippen LogP contribution is 2.28. The predicted molar refractivity (Wildman–Crippen MR) is 48.9 cm³/mol. The zero-order chi connectivity index (χ0) is 10.0. The van der Waals surface area contributed by atoms with E-state index in [1.165, 1.54) is 6.92 Å². The van der Waals surface area contributed by atoms with Crippen molar-refractivity contribution in [3.63, 3.8) is 0 Å². The maximum absolute atomic E-state index is 10.7. The molecule has 0 saturated carbocycles. The van der Waals surface area contributed by atoms with Gasteiger partial charge in [0.25, 0.3) is 0 Å². The Bertz CT molecular complexity index is 342. The summed E-state index contributed by atoms with van der Waals surface area (Å²) in [5, 5.41) is 9.40. The number of esters is 1. The molecule has 0 aromatic heterocycles. The van der Waals surface area contributed by atoms with Crippen LogP contribution in [0.5, 0.6) is 11.5 Å². The molecular weight excluding hydrogens is 168 g/mol. The van der Waals surface area contributed by atoms with Gasteiger partial charge in [0.1, 0.15) is 11.5 Å². The molecule has 70 valence electrons. The summed E-state index contributed by atoms with van der Waals surface area (Å²) >= 11 is 0. The Morgan fingerprint density at radius 2 is 2.00 bits per heavy atom. The minimum absolute atomic E-state index is 0.149. The minimum Gasteiger partial charge on any atom is -0.508 e. The van der Waals surface area contributed by atoms with Gasteiger partial charge in [0, 0.05) is 12.5 Å². The molecular formula is C10H12O3. The van der Waals surface area contributed by atoms with Crippen LogP contribution in [0, 0.1) is 13.8 Å². The van der Waals surface area contributed by atoms with Gasteiger partial charge >= 0.3 is 5.97 Å². The second-order valence-corrected chi connectivity index (χ2v) is 3.00. The van der Waals surface area contributed by atoms with E-state index in [1.807, 2.05) is 6.92 Å². The molecule has 0 aliphatic rings. The van der Waals surface area contributed by atoms with Gasteiger partial charge in [-0.2, -0.15) is 0 Å². The molecule has 13 heavy (non-hydrogen) atoms. The van der Waals surface area contributed by atoms with Crippen LogP contribution in [0.15, 0.2) is 12.1 Å². The number of carbonyl (C=O) groups is 1. The van der Waals surface area contributed by atoms with Crippen LogP contribution >= 0.6 is 0 Å². The standard InChI is InChI=1S/C10H12O3/c1-6-4-9(12)7(2)10(5-6)13-8(3)11/h4-5,12H,1-3H3. The number of benzene rings is 1. The lowest BCUT2D eigenvalue weighted by atomic mass is 10.1. The molecule has 1 aromatic rings. The molecule has 0 unspecified atom stereocenters.